The minimum atomic E-state index is -4.24. The molecule has 0 saturated heterocycles. The highest BCUT2D eigenvalue weighted by atomic mass is 32.2. The minimum Gasteiger partial charge on any atom is -0.494 e. The average Bonchev–Trinajstić information content (AvgIpc) is 3.40. The molecule has 0 radical (unpaired) electrons. The van der Waals surface area contributed by atoms with Gasteiger partial charge in [-0.1, -0.05) is 43.9 Å². The lowest BCUT2D eigenvalue weighted by atomic mass is 10.1. The van der Waals surface area contributed by atoms with E-state index in [2.05, 4.69) is 34.8 Å². The molecule has 2 heterocycles. The highest BCUT2D eigenvalue weighted by Crippen LogP contribution is 2.39. The number of methoxy groups -OCH3 is 3. The number of aromatic nitrogens is 4. The normalized spacial score (nSPS) is 12.6. The van der Waals surface area contributed by atoms with E-state index in [1.807, 2.05) is 0 Å². The van der Waals surface area contributed by atoms with E-state index >= 15 is 0 Å². The monoisotopic (exact) mass is 629 g/mol. The third kappa shape index (κ3) is 7.32. The molecular formula is C29H36FN5O6SSi. The minimum absolute atomic E-state index is 0.0352. The van der Waals surface area contributed by atoms with Gasteiger partial charge in [-0.3, -0.25) is 4.57 Å². The number of anilines is 1. The van der Waals surface area contributed by atoms with Crippen molar-refractivity contribution >= 4 is 24.0 Å². The number of pyridine rings is 1. The Kier molecular flexibility index (Phi) is 9.72. The molecule has 0 bridgehead atoms. The van der Waals surface area contributed by atoms with Crippen LogP contribution in [0.3, 0.4) is 0 Å². The van der Waals surface area contributed by atoms with Crippen molar-refractivity contribution in [2.45, 2.75) is 31.8 Å². The SMILES string of the molecule is COc1cccc(-c2nnc(N(CC[Si](C)(C)C)S(=O)(=O)CC(O)c3ccc(F)cc3)n2-c2c(OC)cccc2OC)n1. The molecule has 2 aromatic carbocycles. The van der Waals surface area contributed by atoms with Crippen molar-refractivity contribution in [1.82, 2.24) is 19.7 Å². The molecule has 0 aliphatic heterocycles. The maximum atomic E-state index is 14.2. The van der Waals surface area contributed by atoms with Gasteiger partial charge < -0.3 is 19.3 Å². The van der Waals surface area contributed by atoms with E-state index in [1.54, 1.807) is 36.4 Å². The Morgan fingerprint density at radius 2 is 1.56 bits per heavy atom. The summed E-state index contributed by atoms with van der Waals surface area (Å²) in [5, 5.41) is 19.7. The first-order valence-corrected chi connectivity index (χ1v) is 18.8. The van der Waals surface area contributed by atoms with E-state index in [-0.39, 0.29) is 23.9 Å². The van der Waals surface area contributed by atoms with Gasteiger partial charge in [-0.15, -0.1) is 10.2 Å². The van der Waals surface area contributed by atoms with Crippen LogP contribution in [0.25, 0.3) is 17.2 Å². The molecule has 0 spiro atoms. The molecule has 11 nitrogen and oxygen atoms in total. The molecule has 1 N–H and O–H groups in total. The van der Waals surface area contributed by atoms with Crippen LogP contribution in [0, 0.1) is 5.82 Å². The zero-order valence-electron chi connectivity index (χ0n) is 25.0. The lowest BCUT2D eigenvalue weighted by Gasteiger charge is -2.28. The Labute approximate surface area is 252 Å². The second-order valence-corrected chi connectivity index (χ2v) is 18.5. The van der Waals surface area contributed by atoms with Crippen LogP contribution in [0.15, 0.2) is 60.7 Å². The third-order valence-corrected chi connectivity index (χ3v) is 10.2. The highest BCUT2D eigenvalue weighted by Gasteiger charge is 2.34. The van der Waals surface area contributed by atoms with Crippen LogP contribution in [0.5, 0.6) is 17.4 Å². The number of ether oxygens (including phenoxy) is 3. The lowest BCUT2D eigenvalue weighted by molar-refractivity contribution is 0.201. The molecule has 4 aromatic rings. The fourth-order valence-corrected chi connectivity index (χ4v) is 6.95. The summed E-state index contributed by atoms with van der Waals surface area (Å²) in [5.41, 5.74) is 0.989. The van der Waals surface area contributed by atoms with Gasteiger partial charge in [0, 0.05) is 20.7 Å². The van der Waals surface area contributed by atoms with E-state index in [0.717, 1.165) is 0 Å². The standard InChI is InChI=1S/C29H36FN5O6SSi/c1-39-24-10-8-11-25(40-2)27(24)35-28(22-9-7-12-26(31-22)41-3)32-33-29(35)34(17-18-43(4,5)6)42(37,38)19-23(36)20-13-15-21(30)16-14-20/h7-16,23,36H,17-19H2,1-6H3. The van der Waals surface area contributed by atoms with Crippen molar-refractivity contribution in [1.29, 1.82) is 0 Å². The van der Waals surface area contributed by atoms with Crippen LogP contribution in [-0.4, -0.2) is 75.0 Å². The summed E-state index contributed by atoms with van der Waals surface area (Å²) in [7, 11) is -1.56. The second-order valence-electron chi connectivity index (χ2n) is 11.0. The summed E-state index contributed by atoms with van der Waals surface area (Å²) in [6.45, 7) is 6.47. The van der Waals surface area contributed by atoms with Gasteiger partial charge in [0.2, 0.25) is 21.9 Å². The first kappa shape index (κ1) is 31.9. The van der Waals surface area contributed by atoms with Gasteiger partial charge in [-0.05, 0) is 41.9 Å². The van der Waals surface area contributed by atoms with Gasteiger partial charge in [0.1, 0.15) is 28.7 Å². The molecule has 1 unspecified atom stereocenters. The molecular weight excluding hydrogens is 593 g/mol. The maximum Gasteiger partial charge on any atom is 0.246 e. The fraction of sp³-hybridized carbons (Fsp3) is 0.345. The van der Waals surface area contributed by atoms with Gasteiger partial charge in [-0.25, -0.2) is 22.1 Å². The van der Waals surface area contributed by atoms with Crippen molar-refractivity contribution < 1.29 is 32.1 Å². The number of para-hydroxylation sites is 1. The highest BCUT2D eigenvalue weighted by molar-refractivity contribution is 7.92. The summed E-state index contributed by atoms with van der Waals surface area (Å²) >= 11 is 0. The van der Waals surface area contributed by atoms with Gasteiger partial charge >= 0.3 is 0 Å². The van der Waals surface area contributed by atoms with Crippen molar-refractivity contribution in [3.05, 3.63) is 72.0 Å². The van der Waals surface area contributed by atoms with Crippen molar-refractivity contribution in [2.75, 3.05) is 37.9 Å². The number of rotatable bonds is 13. The number of sulfonamides is 1. The van der Waals surface area contributed by atoms with Crippen molar-refractivity contribution in [3.63, 3.8) is 0 Å². The van der Waals surface area contributed by atoms with Crippen LogP contribution >= 0.6 is 0 Å². The van der Waals surface area contributed by atoms with E-state index < -0.39 is 35.8 Å². The number of aliphatic hydroxyl groups excluding tert-OH is 1. The largest absolute Gasteiger partial charge is 0.494 e. The second kappa shape index (κ2) is 13.1. The van der Waals surface area contributed by atoms with Crippen LogP contribution in [-0.2, 0) is 10.0 Å². The molecule has 0 aliphatic carbocycles. The Bertz CT molecular complexity index is 1640. The Hall–Kier alpha value is -4.01. The molecule has 0 aliphatic rings. The van der Waals surface area contributed by atoms with Gasteiger partial charge in [0.05, 0.1) is 33.2 Å². The summed E-state index contributed by atoms with van der Waals surface area (Å²) in [6, 6.07) is 15.9. The molecule has 230 valence electrons. The molecule has 0 fully saturated rings. The first-order valence-electron chi connectivity index (χ1n) is 13.5. The van der Waals surface area contributed by atoms with Crippen LogP contribution in [0.2, 0.25) is 25.7 Å². The predicted molar refractivity (Wildman–Crippen MR) is 165 cm³/mol. The molecule has 0 saturated carbocycles. The van der Waals surface area contributed by atoms with Crippen LogP contribution in [0.4, 0.5) is 10.3 Å². The van der Waals surface area contributed by atoms with Crippen LogP contribution < -0.4 is 18.5 Å². The number of aliphatic hydroxyl groups is 1. The van der Waals surface area contributed by atoms with E-state index in [0.29, 0.717) is 34.8 Å². The number of halogens is 1. The predicted octanol–water partition coefficient (Wildman–Crippen LogP) is 4.70. The summed E-state index contributed by atoms with van der Waals surface area (Å²) in [5.74, 6) is 0.0830. The first-order chi connectivity index (χ1) is 20.4. The number of benzene rings is 2. The van der Waals surface area contributed by atoms with Crippen molar-refractivity contribution in [2.24, 2.45) is 0 Å². The molecule has 2 aromatic heterocycles. The van der Waals surface area contributed by atoms with Gasteiger partial charge in [-0.2, -0.15) is 0 Å². The Morgan fingerprint density at radius 3 is 2.14 bits per heavy atom. The van der Waals surface area contributed by atoms with E-state index in [1.165, 1.54) is 54.5 Å². The molecule has 14 heteroatoms. The summed E-state index contributed by atoms with van der Waals surface area (Å²) in [4.78, 5) is 4.51. The smallest absolute Gasteiger partial charge is 0.246 e. The van der Waals surface area contributed by atoms with Crippen molar-refractivity contribution in [3.8, 4) is 34.6 Å². The quantitative estimate of drug-likeness (QED) is 0.209. The van der Waals surface area contributed by atoms with E-state index in [9.17, 15) is 17.9 Å². The third-order valence-electron chi connectivity index (χ3n) is 6.68. The van der Waals surface area contributed by atoms with Crippen LogP contribution in [0.1, 0.15) is 11.7 Å². The van der Waals surface area contributed by atoms with E-state index in [4.69, 9.17) is 14.2 Å². The van der Waals surface area contributed by atoms with Gasteiger partial charge in [0.25, 0.3) is 0 Å². The number of hydrogen-bond acceptors (Lipinski definition) is 9. The zero-order chi connectivity index (χ0) is 31.4. The molecule has 0 amide bonds. The van der Waals surface area contributed by atoms with Gasteiger partial charge in [0.15, 0.2) is 5.82 Å². The summed E-state index contributed by atoms with van der Waals surface area (Å²) in [6.07, 6.45) is -1.42. The molecule has 1 atom stereocenters. The Morgan fingerprint density at radius 1 is 0.930 bits per heavy atom. The zero-order valence-corrected chi connectivity index (χ0v) is 26.8. The molecule has 4 rings (SSSR count). The topological polar surface area (TPSA) is 129 Å². The fourth-order valence-electron chi connectivity index (χ4n) is 4.39. The maximum absolute atomic E-state index is 14.2. The Balaban J connectivity index is 1.95. The lowest BCUT2D eigenvalue weighted by Crippen LogP contribution is -2.40. The number of nitrogens with zero attached hydrogens (tertiary/aromatic N) is 5. The number of hydrogen-bond donors (Lipinski definition) is 1. The molecule has 43 heavy (non-hydrogen) atoms. The average molecular weight is 630 g/mol. The summed E-state index contributed by atoms with van der Waals surface area (Å²) < 4.78 is 61.2.